The Bertz CT molecular complexity index is 2540. The number of likely N-dealkylation sites (N-methyl/N-ethyl adjacent to an activating group) is 1. The molecular weight excluding hydrogens is 1790 g/mol. The second kappa shape index (κ2) is 86.3. The van der Waals surface area contributed by atoms with Crippen molar-refractivity contribution in [2.45, 2.75) is 464 Å². The number of likely N-dealkylation sites (tertiary alicyclic amines) is 7. The zero-order valence-electron chi connectivity index (χ0n) is 98.5. The van der Waals surface area contributed by atoms with E-state index in [1.807, 2.05) is 0 Å². The molecule has 850 valence electrons. The summed E-state index contributed by atoms with van der Waals surface area (Å²) in [6.07, 6.45) is 39.7. The first-order chi connectivity index (χ1) is 67.6. The number of piperazine rings is 1. The Morgan fingerprint density at radius 1 is 0.232 bits per heavy atom. The monoisotopic (exact) mass is 2030 g/mol. The van der Waals surface area contributed by atoms with E-state index in [1.165, 1.54) is 214 Å². The van der Waals surface area contributed by atoms with Crippen LogP contribution in [0.5, 0.6) is 0 Å². The smallest absolute Gasteiger partial charge is 0.0678 e. The fourth-order valence-electron chi connectivity index (χ4n) is 20.0. The van der Waals surface area contributed by atoms with Gasteiger partial charge in [0.15, 0.2) is 0 Å². The first-order valence-electron chi connectivity index (χ1n) is 59.1. The topological polar surface area (TPSA) is 207 Å². The average molecular weight is 2030 g/mol. The number of unbranched alkanes of at least 4 members (excludes halogenated alkanes) is 2. The summed E-state index contributed by atoms with van der Waals surface area (Å²) in [6.45, 7) is 101. The van der Waals surface area contributed by atoms with Crippen LogP contribution in [0.25, 0.3) is 0 Å². The van der Waals surface area contributed by atoms with Crippen LogP contribution in [0, 0.1) is 10.8 Å². The summed E-state index contributed by atoms with van der Waals surface area (Å²) in [7, 11) is 2.18. The van der Waals surface area contributed by atoms with Crippen LogP contribution >= 0.6 is 0 Å². The van der Waals surface area contributed by atoms with Crippen molar-refractivity contribution in [3.63, 3.8) is 0 Å². The molecule has 0 aromatic heterocycles. The van der Waals surface area contributed by atoms with Gasteiger partial charge in [-0.3, -0.25) is 14.7 Å². The van der Waals surface area contributed by atoms with Crippen molar-refractivity contribution in [1.82, 2.24) is 53.9 Å². The van der Waals surface area contributed by atoms with Crippen molar-refractivity contribution in [3.05, 3.63) is 0 Å². The lowest BCUT2D eigenvalue weighted by molar-refractivity contribution is -0.0700. The molecule has 3 unspecified atom stereocenters. The maximum Gasteiger partial charge on any atom is 0.0678 e. The number of β-amino-alcohol motifs (C(OH)–C–C–N with tert-alkyl or cyclic N) is 3. The fourth-order valence-corrected chi connectivity index (χ4v) is 20.0. The van der Waals surface area contributed by atoms with Crippen molar-refractivity contribution < 1.29 is 72.2 Å². The second-order valence-corrected chi connectivity index (χ2v) is 47.0. The van der Waals surface area contributed by atoms with Gasteiger partial charge >= 0.3 is 0 Å². The van der Waals surface area contributed by atoms with Crippen LogP contribution in [0.3, 0.4) is 0 Å². The molecule has 11 aliphatic rings. The molecule has 142 heavy (non-hydrogen) atoms. The van der Waals surface area contributed by atoms with Crippen LogP contribution in [0.15, 0.2) is 0 Å². The van der Waals surface area contributed by atoms with Crippen molar-refractivity contribution in [2.75, 3.05) is 283 Å². The molecule has 1 spiro atoms. The molecule has 10 heterocycles. The van der Waals surface area contributed by atoms with Gasteiger partial charge in [-0.1, -0.05) is 33.1 Å². The van der Waals surface area contributed by atoms with E-state index < -0.39 is 0 Å². The molecule has 0 aromatic carbocycles. The molecule has 10 saturated heterocycles. The number of hydrogen-bond acceptors (Lipinski definition) is 26. The predicted molar refractivity (Wildman–Crippen MR) is 596 cm³/mol. The van der Waals surface area contributed by atoms with Gasteiger partial charge in [-0.25, -0.2) is 0 Å². The summed E-state index contributed by atoms with van der Waals surface area (Å²) < 4.78 is 66.5. The van der Waals surface area contributed by atoms with Crippen molar-refractivity contribution >= 4 is 0 Å². The highest BCUT2D eigenvalue weighted by molar-refractivity contribution is 5.00. The van der Waals surface area contributed by atoms with Gasteiger partial charge in [0, 0.05) is 203 Å². The van der Waals surface area contributed by atoms with Crippen LogP contribution in [0.1, 0.15) is 360 Å². The fraction of sp³-hybridized carbons (Fsp3) is 1.00. The highest BCUT2D eigenvalue weighted by Gasteiger charge is 2.46. The van der Waals surface area contributed by atoms with Gasteiger partial charge in [0.1, 0.15) is 0 Å². The Morgan fingerprint density at radius 2 is 0.479 bits per heavy atom. The number of hydrogen-bond donors (Lipinski definition) is 3. The number of nitrogens with zero attached hydrogens (tertiary/aromatic N) is 11. The number of ether oxygens (including phenoxy) is 12. The van der Waals surface area contributed by atoms with Crippen LogP contribution < -0.4 is 0 Å². The minimum absolute atomic E-state index is 0.102. The Labute approximate surface area is 878 Å². The van der Waals surface area contributed by atoms with Crippen LogP contribution in [0.4, 0.5) is 0 Å². The SMILES string of the molecule is CC(C)OCCCCN1CCCCC1.CC(C)OCCCCN1CCCCC1.CC(C)OCCCN1CC(C)OC(C)C1.CC(C)OCCCN1CC2(CCC2)C1.CC(C)OCCCN1CCCC(C)(C)C1.CC(C)OCCCN1CCCC(O)C1.CC(C)OCCCN1CCC[C@@H](O)C1.CC(C)OCCCN1CCC[C@H](O)C1.CC(C)OCCCN1C[C@@H](C)O[C@@H](C)C1.CC(C)OCCN1CCN(C)CC1. The number of rotatable bonds is 51. The third-order valence-electron chi connectivity index (χ3n) is 27.4. The zero-order chi connectivity index (χ0) is 105. The van der Waals surface area contributed by atoms with Crippen LogP contribution in [0.2, 0.25) is 0 Å². The Kier molecular flexibility index (Phi) is 83.3. The van der Waals surface area contributed by atoms with Crippen molar-refractivity contribution in [2.24, 2.45) is 10.8 Å². The number of aliphatic hydroxyl groups is 3. The molecule has 1 saturated carbocycles. The maximum absolute atomic E-state index is 9.45. The van der Waals surface area contributed by atoms with Crippen LogP contribution in [-0.2, 0) is 56.8 Å². The number of morpholine rings is 2. The lowest BCUT2D eigenvalue weighted by atomic mass is 9.63. The van der Waals surface area contributed by atoms with Gasteiger partial charge in [0.05, 0.1) is 110 Å². The van der Waals surface area contributed by atoms with E-state index in [9.17, 15) is 15.3 Å². The molecular formula is C116H241N11O15. The predicted octanol–water partition coefficient (Wildman–Crippen LogP) is 18.8. The molecule has 1 aliphatic carbocycles. The van der Waals surface area contributed by atoms with Gasteiger partial charge in [-0.05, 0) is 410 Å². The lowest BCUT2D eigenvalue weighted by Crippen LogP contribution is -2.59. The Morgan fingerprint density at radius 3 is 0.754 bits per heavy atom. The second-order valence-electron chi connectivity index (χ2n) is 47.0. The molecule has 3 N–H and O–H groups in total. The summed E-state index contributed by atoms with van der Waals surface area (Å²) in [6, 6.07) is 0. The molecule has 0 amide bonds. The highest BCUT2D eigenvalue weighted by Crippen LogP contribution is 2.48. The van der Waals surface area contributed by atoms with E-state index in [0.29, 0.717) is 90.9 Å². The maximum atomic E-state index is 9.45. The molecule has 0 aromatic rings. The molecule has 11 rings (SSSR count). The number of piperidine rings is 6. The van der Waals surface area contributed by atoms with Gasteiger partial charge in [-0.2, -0.15) is 0 Å². The minimum atomic E-state index is -0.102. The van der Waals surface area contributed by atoms with Gasteiger partial charge < -0.3 is 111 Å². The summed E-state index contributed by atoms with van der Waals surface area (Å²) >= 11 is 0. The van der Waals surface area contributed by atoms with Gasteiger partial charge in [-0.15, -0.1) is 0 Å². The molecule has 0 bridgehead atoms. The third-order valence-corrected chi connectivity index (χ3v) is 27.4. The van der Waals surface area contributed by atoms with Crippen molar-refractivity contribution in [1.29, 1.82) is 0 Å². The van der Waals surface area contributed by atoms with E-state index in [2.05, 4.69) is 241 Å². The molecule has 26 nitrogen and oxygen atoms in total. The largest absolute Gasteiger partial charge is 0.392 e. The van der Waals surface area contributed by atoms with E-state index in [0.717, 1.165) is 247 Å². The van der Waals surface area contributed by atoms with E-state index >= 15 is 0 Å². The van der Waals surface area contributed by atoms with E-state index in [4.69, 9.17) is 56.8 Å². The van der Waals surface area contributed by atoms with E-state index in [1.54, 1.807) is 0 Å². The minimum Gasteiger partial charge on any atom is -0.392 e. The summed E-state index contributed by atoms with van der Waals surface area (Å²) in [5.41, 5.74) is 1.32. The summed E-state index contributed by atoms with van der Waals surface area (Å²) in [4.78, 5) is 27.2. The molecule has 0 radical (unpaired) electrons. The van der Waals surface area contributed by atoms with Crippen LogP contribution in [-0.4, -0.2) is 456 Å². The Balaban J connectivity index is 0.000000533. The zero-order valence-corrected chi connectivity index (χ0v) is 98.5. The first kappa shape index (κ1) is 137. The molecule has 10 aliphatic heterocycles. The summed E-state index contributed by atoms with van der Waals surface area (Å²) in [5, 5.41) is 28.4. The highest BCUT2D eigenvalue weighted by atomic mass is 16.5. The first-order valence-corrected chi connectivity index (χ1v) is 59.1. The Hall–Kier alpha value is -1.04. The normalized spacial score (nSPS) is 23.8. The quantitative estimate of drug-likeness (QED) is 0.0484. The third kappa shape index (κ3) is 81.7. The average Bonchev–Trinajstić information content (AvgIpc) is 0.762. The lowest BCUT2D eigenvalue weighted by Gasteiger charge is -2.56. The van der Waals surface area contributed by atoms with Gasteiger partial charge in [0.25, 0.3) is 0 Å². The summed E-state index contributed by atoms with van der Waals surface area (Å²) in [5.74, 6) is 0. The van der Waals surface area contributed by atoms with Crippen molar-refractivity contribution in [3.8, 4) is 0 Å². The standard InChI is InChI=1S/C13H27NO.2C12H25NO2.C12H23NO.2C12H25NO.3C11H23NO2.C10H22N2O/c1-12(2)15-10-6-9-14-8-5-7-13(3,4)11-14;2*1-10(2)14-7-5-6-13-8-11(3)15-12(4)9-13;1-11(2)14-8-4-7-13-9-12(10-13)5-3-6-12;2*1-12(2)14-11-7-6-10-13-8-4-3-5-9-13;3*1-10(2)14-8-4-7-12-6-3-5-11(13)9-12;1-10(2)13-9-8-12-6-4-11(3)5-7-12/h12H,5-11H2,1-4H3;2*10-12H,5-9H2,1-4H3;11H,3-10H2,1-2H3;2*12H,3-11H2,1-2H3;3*10-11,13H,3-9H2,1-2H3;10H,4-9H2,1-3H3/t;11-,12+;;;;;2*11-;;/m......10../s1. The molecule has 7 atom stereocenters. The van der Waals surface area contributed by atoms with Gasteiger partial charge in [0.2, 0.25) is 0 Å². The molecule has 11 fully saturated rings. The number of aliphatic hydroxyl groups excluding tert-OH is 3. The molecule has 26 heteroatoms. The van der Waals surface area contributed by atoms with E-state index in [-0.39, 0.29) is 18.3 Å².